The lowest BCUT2D eigenvalue weighted by molar-refractivity contribution is -0.139. The monoisotopic (exact) mass is 342 g/mol. The van der Waals surface area contributed by atoms with Gasteiger partial charge >= 0.3 is 0 Å². The molecular weight excluding hydrogens is 320 g/mol. The molecule has 25 heavy (non-hydrogen) atoms. The Labute approximate surface area is 146 Å². The van der Waals surface area contributed by atoms with E-state index in [1.807, 2.05) is 39.9 Å². The minimum atomic E-state index is 0.00692. The van der Waals surface area contributed by atoms with Gasteiger partial charge in [0.05, 0.1) is 37.3 Å². The molecular formula is C18H22N4O3. The Balaban J connectivity index is 1.24. The van der Waals surface area contributed by atoms with Crippen molar-refractivity contribution in [3.63, 3.8) is 0 Å². The highest BCUT2D eigenvalue weighted by Gasteiger charge is 2.37. The van der Waals surface area contributed by atoms with Crippen LogP contribution >= 0.6 is 0 Å². The predicted molar refractivity (Wildman–Crippen MR) is 90.0 cm³/mol. The SMILES string of the molecule is O=C(CCCOc1ccccc1)N1CC[C@H]2[C@H](C1)OCc1cnnn12. The number of carbonyl (C=O) groups is 1. The zero-order valence-corrected chi connectivity index (χ0v) is 14.1. The molecule has 2 aromatic rings. The van der Waals surface area contributed by atoms with Gasteiger partial charge in [0.25, 0.3) is 0 Å². The van der Waals surface area contributed by atoms with Crippen molar-refractivity contribution in [3.05, 3.63) is 42.2 Å². The molecule has 1 aromatic heterocycles. The van der Waals surface area contributed by atoms with E-state index in [0.717, 1.165) is 24.4 Å². The Kier molecular flexibility index (Phi) is 4.65. The second kappa shape index (κ2) is 7.23. The second-order valence-corrected chi connectivity index (χ2v) is 6.48. The highest BCUT2D eigenvalue weighted by Crippen LogP contribution is 2.30. The molecule has 2 aliphatic heterocycles. The summed E-state index contributed by atoms with van der Waals surface area (Å²) in [5.41, 5.74) is 1.01. The van der Waals surface area contributed by atoms with E-state index >= 15 is 0 Å². The number of hydrogen-bond donors (Lipinski definition) is 0. The molecule has 0 N–H and O–H groups in total. The quantitative estimate of drug-likeness (QED) is 0.775. The molecule has 2 atom stereocenters. The normalized spacial score (nSPS) is 22.2. The van der Waals surface area contributed by atoms with E-state index in [2.05, 4.69) is 10.3 Å². The number of amides is 1. The highest BCUT2D eigenvalue weighted by atomic mass is 16.5. The lowest BCUT2D eigenvalue weighted by atomic mass is 10.00. The average molecular weight is 342 g/mol. The molecule has 2 aliphatic rings. The fourth-order valence-corrected chi connectivity index (χ4v) is 3.50. The van der Waals surface area contributed by atoms with E-state index in [-0.39, 0.29) is 18.1 Å². The molecule has 3 heterocycles. The van der Waals surface area contributed by atoms with Crippen LogP contribution in [0.2, 0.25) is 0 Å². The first kappa shape index (κ1) is 16.1. The largest absolute Gasteiger partial charge is 0.494 e. The van der Waals surface area contributed by atoms with Crippen molar-refractivity contribution in [2.45, 2.75) is 38.0 Å². The van der Waals surface area contributed by atoms with Crippen LogP contribution in [-0.4, -0.2) is 51.6 Å². The zero-order chi connectivity index (χ0) is 17.1. The van der Waals surface area contributed by atoms with Crippen molar-refractivity contribution in [1.82, 2.24) is 19.9 Å². The number of ether oxygens (including phenoxy) is 2. The van der Waals surface area contributed by atoms with Crippen LogP contribution in [0.4, 0.5) is 0 Å². The maximum atomic E-state index is 12.5. The minimum absolute atomic E-state index is 0.00692. The molecule has 0 bridgehead atoms. The van der Waals surface area contributed by atoms with E-state index in [4.69, 9.17) is 9.47 Å². The summed E-state index contributed by atoms with van der Waals surface area (Å²) in [4.78, 5) is 14.4. The maximum absolute atomic E-state index is 12.5. The molecule has 4 rings (SSSR count). The Bertz CT molecular complexity index is 718. The number of carbonyl (C=O) groups excluding carboxylic acids is 1. The van der Waals surface area contributed by atoms with Gasteiger partial charge in [0.2, 0.25) is 5.91 Å². The van der Waals surface area contributed by atoms with Crippen molar-refractivity contribution in [2.75, 3.05) is 19.7 Å². The van der Waals surface area contributed by atoms with Crippen LogP contribution in [-0.2, 0) is 16.1 Å². The molecule has 132 valence electrons. The molecule has 1 aromatic carbocycles. The van der Waals surface area contributed by atoms with Crippen LogP contribution in [0.15, 0.2) is 36.5 Å². The first-order chi connectivity index (χ1) is 12.3. The number of aromatic nitrogens is 3. The van der Waals surface area contributed by atoms with Gasteiger partial charge in [-0.2, -0.15) is 0 Å². The van der Waals surface area contributed by atoms with E-state index in [9.17, 15) is 4.79 Å². The smallest absolute Gasteiger partial charge is 0.222 e. The van der Waals surface area contributed by atoms with Gasteiger partial charge in [0, 0.05) is 19.5 Å². The molecule has 7 nitrogen and oxygen atoms in total. The van der Waals surface area contributed by atoms with Gasteiger partial charge in [-0.05, 0) is 25.0 Å². The molecule has 0 aliphatic carbocycles. The van der Waals surface area contributed by atoms with Gasteiger partial charge in [-0.25, -0.2) is 4.68 Å². The van der Waals surface area contributed by atoms with Gasteiger partial charge in [0.15, 0.2) is 0 Å². The molecule has 1 fully saturated rings. The molecule has 0 spiro atoms. The Morgan fingerprint density at radius 3 is 3.08 bits per heavy atom. The second-order valence-electron chi connectivity index (χ2n) is 6.48. The third kappa shape index (κ3) is 3.51. The van der Waals surface area contributed by atoms with Gasteiger partial charge in [-0.15, -0.1) is 5.10 Å². The average Bonchev–Trinajstić information content (AvgIpc) is 3.14. The predicted octanol–water partition coefficient (Wildman–Crippen LogP) is 1.81. The van der Waals surface area contributed by atoms with E-state index in [1.165, 1.54) is 0 Å². The van der Waals surface area contributed by atoms with Crippen LogP contribution < -0.4 is 4.74 Å². The number of piperidine rings is 1. The van der Waals surface area contributed by atoms with Crippen molar-refractivity contribution in [1.29, 1.82) is 0 Å². The number of benzene rings is 1. The van der Waals surface area contributed by atoms with Gasteiger partial charge < -0.3 is 14.4 Å². The third-order valence-corrected chi connectivity index (χ3v) is 4.83. The van der Waals surface area contributed by atoms with Crippen LogP contribution in [0.3, 0.4) is 0 Å². The zero-order valence-electron chi connectivity index (χ0n) is 14.1. The first-order valence-electron chi connectivity index (χ1n) is 8.77. The molecule has 0 unspecified atom stereocenters. The molecule has 1 amide bonds. The lowest BCUT2D eigenvalue weighted by Gasteiger charge is -2.41. The number of para-hydroxylation sites is 1. The summed E-state index contributed by atoms with van der Waals surface area (Å²) in [6, 6.07) is 9.87. The van der Waals surface area contributed by atoms with Crippen LogP contribution in [0.5, 0.6) is 5.75 Å². The topological polar surface area (TPSA) is 69.5 Å². The summed E-state index contributed by atoms with van der Waals surface area (Å²) in [6.45, 7) is 2.43. The standard InChI is InChI=1S/C18H22N4O3/c23-18(7-4-10-24-15-5-2-1-3-6-15)21-9-8-16-17(12-21)25-13-14-11-19-20-22(14)16/h1-3,5-6,11,16-17H,4,7-10,12-13H2/t16-,17-/m0/s1. The summed E-state index contributed by atoms with van der Waals surface area (Å²) < 4.78 is 13.5. The van der Waals surface area contributed by atoms with Crippen molar-refractivity contribution in [3.8, 4) is 5.75 Å². The fraction of sp³-hybridized carbons (Fsp3) is 0.500. The summed E-state index contributed by atoms with van der Waals surface area (Å²) in [7, 11) is 0. The molecule has 7 heteroatoms. The van der Waals surface area contributed by atoms with Gasteiger partial charge in [-0.1, -0.05) is 23.4 Å². The molecule has 0 saturated carbocycles. The summed E-state index contributed by atoms with van der Waals surface area (Å²) in [5.74, 6) is 1.01. The number of rotatable bonds is 5. The number of nitrogens with zero attached hydrogens (tertiary/aromatic N) is 4. The number of fused-ring (bicyclic) bond motifs is 3. The lowest BCUT2D eigenvalue weighted by Crippen LogP contribution is -2.50. The number of likely N-dealkylation sites (tertiary alicyclic amines) is 1. The van der Waals surface area contributed by atoms with E-state index in [1.54, 1.807) is 6.20 Å². The van der Waals surface area contributed by atoms with Gasteiger partial charge in [-0.3, -0.25) is 4.79 Å². The minimum Gasteiger partial charge on any atom is -0.494 e. The van der Waals surface area contributed by atoms with Crippen molar-refractivity contribution < 1.29 is 14.3 Å². The fourth-order valence-electron chi connectivity index (χ4n) is 3.50. The van der Waals surface area contributed by atoms with Crippen LogP contribution in [0.25, 0.3) is 0 Å². The van der Waals surface area contributed by atoms with E-state index < -0.39 is 0 Å². The van der Waals surface area contributed by atoms with Crippen LogP contribution in [0, 0.1) is 0 Å². The van der Waals surface area contributed by atoms with E-state index in [0.29, 0.717) is 32.6 Å². The summed E-state index contributed by atoms with van der Waals surface area (Å²) in [5, 5.41) is 8.13. The van der Waals surface area contributed by atoms with Gasteiger partial charge in [0.1, 0.15) is 5.75 Å². The number of hydrogen-bond acceptors (Lipinski definition) is 5. The summed E-state index contributed by atoms with van der Waals surface area (Å²) in [6.07, 6.45) is 3.83. The Morgan fingerprint density at radius 1 is 1.32 bits per heavy atom. The summed E-state index contributed by atoms with van der Waals surface area (Å²) >= 11 is 0. The molecule has 0 radical (unpaired) electrons. The molecule has 1 saturated heterocycles. The van der Waals surface area contributed by atoms with Crippen molar-refractivity contribution in [2.24, 2.45) is 0 Å². The Morgan fingerprint density at radius 2 is 2.20 bits per heavy atom. The first-order valence-corrected chi connectivity index (χ1v) is 8.77. The van der Waals surface area contributed by atoms with Crippen molar-refractivity contribution >= 4 is 5.91 Å². The highest BCUT2D eigenvalue weighted by molar-refractivity contribution is 5.76. The third-order valence-electron chi connectivity index (χ3n) is 4.83. The Hall–Kier alpha value is -2.41. The van der Waals surface area contributed by atoms with Crippen LogP contribution in [0.1, 0.15) is 31.0 Å². The maximum Gasteiger partial charge on any atom is 0.222 e.